The van der Waals surface area contributed by atoms with Crippen molar-refractivity contribution >= 4 is 59.0 Å². The first kappa shape index (κ1) is 26.1. The van der Waals surface area contributed by atoms with Crippen LogP contribution in [0.2, 0.25) is 0 Å². The Labute approximate surface area is 265 Å². The van der Waals surface area contributed by atoms with Crippen LogP contribution >= 0.6 is 11.3 Å². The number of rotatable bonds is 4. The van der Waals surface area contributed by atoms with Crippen LogP contribution in [0.3, 0.4) is 0 Å². The number of para-hydroxylation sites is 2. The lowest BCUT2D eigenvalue weighted by atomic mass is 9.95. The first-order valence-electron chi connectivity index (χ1n) is 15.5. The van der Waals surface area contributed by atoms with Crippen LogP contribution in [0.25, 0.3) is 75.9 Å². The maximum Gasteiger partial charge on any atom is 0.160 e. The molecular weight excluding hydrogens is 567 g/mol. The summed E-state index contributed by atoms with van der Waals surface area (Å²) in [5, 5.41) is 3.74. The topological polar surface area (TPSA) is 30.7 Å². The SMILES string of the molecule is CC1C=C(c2nc(-c3ccccc3)nc3c2sc2cccc(-c4ccc(-n5c6ccccc6c6ccccc65)cc4)c23)C=CC1. The molecule has 0 spiro atoms. The predicted octanol–water partition coefficient (Wildman–Crippen LogP) is 11.3. The highest BCUT2D eigenvalue weighted by molar-refractivity contribution is 7.26. The molecule has 8 aromatic rings. The highest BCUT2D eigenvalue weighted by atomic mass is 32.1. The predicted molar refractivity (Wildman–Crippen MR) is 191 cm³/mol. The van der Waals surface area contributed by atoms with Gasteiger partial charge in [0.05, 0.1) is 26.9 Å². The second kappa shape index (κ2) is 10.4. The lowest BCUT2D eigenvalue weighted by Crippen LogP contribution is -2.00. The molecule has 0 aliphatic heterocycles. The molecule has 1 unspecified atom stereocenters. The first-order valence-corrected chi connectivity index (χ1v) is 16.3. The van der Waals surface area contributed by atoms with Gasteiger partial charge in [0.15, 0.2) is 5.82 Å². The zero-order valence-corrected chi connectivity index (χ0v) is 25.6. The minimum Gasteiger partial charge on any atom is -0.309 e. The van der Waals surface area contributed by atoms with Crippen LogP contribution in [0.4, 0.5) is 0 Å². The van der Waals surface area contributed by atoms with E-state index in [1.54, 1.807) is 11.3 Å². The quantitative estimate of drug-likeness (QED) is 0.203. The molecule has 0 bridgehead atoms. The third kappa shape index (κ3) is 4.25. The largest absolute Gasteiger partial charge is 0.309 e. The van der Waals surface area contributed by atoms with Gasteiger partial charge in [-0.3, -0.25) is 0 Å². The summed E-state index contributed by atoms with van der Waals surface area (Å²) in [6.45, 7) is 2.27. The van der Waals surface area contributed by atoms with E-state index < -0.39 is 0 Å². The molecule has 45 heavy (non-hydrogen) atoms. The van der Waals surface area contributed by atoms with Gasteiger partial charge in [-0.25, -0.2) is 9.97 Å². The highest BCUT2D eigenvalue weighted by Gasteiger charge is 2.21. The van der Waals surface area contributed by atoms with Gasteiger partial charge in [0.25, 0.3) is 0 Å². The average Bonchev–Trinajstić information content (AvgIpc) is 3.64. The average molecular weight is 596 g/mol. The lowest BCUT2D eigenvalue weighted by Gasteiger charge is -2.14. The van der Waals surface area contributed by atoms with Gasteiger partial charge in [-0.1, -0.05) is 116 Å². The Balaban J connectivity index is 1.25. The van der Waals surface area contributed by atoms with Crippen LogP contribution in [0.15, 0.2) is 140 Å². The minimum atomic E-state index is 0.480. The van der Waals surface area contributed by atoms with E-state index in [1.165, 1.54) is 48.6 Å². The van der Waals surface area contributed by atoms with Crippen molar-refractivity contribution in [1.29, 1.82) is 0 Å². The Morgan fingerprint density at radius 2 is 1.40 bits per heavy atom. The molecule has 5 aromatic carbocycles. The Morgan fingerprint density at radius 1 is 0.689 bits per heavy atom. The zero-order valence-electron chi connectivity index (χ0n) is 24.8. The molecule has 1 aliphatic carbocycles. The molecule has 9 rings (SSSR count). The molecule has 0 saturated carbocycles. The third-order valence-corrected chi connectivity index (χ3v) is 10.1. The second-order valence-corrected chi connectivity index (χ2v) is 12.9. The highest BCUT2D eigenvalue weighted by Crippen LogP contribution is 2.43. The summed E-state index contributed by atoms with van der Waals surface area (Å²) < 4.78 is 4.74. The van der Waals surface area contributed by atoms with E-state index in [-0.39, 0.29) is 0 Å². The third-order valence-electron chi connectivity index (χ3n) is 8.93. The number of allylic oxidation sites excluding steroid dienone is 4. The molecule has 3 aromatic heterocycles. The fraction of sp³-hybridized carbons (Fsp3) is 0.0732. The summed E-state index contributed by atoms with van der Waals surface area (Å²) in [7, 11) is 0. The van der Waals surface area contributed by atoms with E-state index >= 15 is 0 Å². The smallest absolute Gasteiger partial charge is 0.160 e. The van der Waals surface area contributed by atoms with Crippen molar-refractivity contribution in [3.05, 3.63) is 145 Å². The van der Waals surface area contributed by atoms with E-state index in [0.29, 0.717) is 5.92 Å². The zero-order chi connectivity index (χ0) is 29.9. The number of thiophene rings is 1. The Morgan fingerprint density at radius 3 is 2.13 bits per heavy atom. The van der Waals surface area contributed by atoms with Gasteiger partial charge >= 0.3 is 0 Å². The molecule has 0 fully saturated rings. The minimum absolute atomic E-state index is 0.480. The van der Waals surface area contributed by atoms with Crippen molar-refractivity contribution in [3.8, 4) is 28.2 Å². The molecule has 3 nitrogen and oxygen atoms in total. The maximum absolute atomic E-state index is 5.26. The Bertz CT molecular complexity index is 2410. The van der Waals surface area contributed by atoms with Gasteiger partial charge in [-0.15, -0.1) is 11.3 Å². The van der Waals surface area contributed by atoms with Crippen LogP contribution in [-0.4, -0.2) is 14.5 Å². The molecule has 0 amide bonds. The molecule has 3 heterocycles. The van der Waals surface area contributed by atoms with E-state index in [1.807, 2.05) is 6.07 Å². The Kier molecular flexibility index (Phi) is 6.03. The van der Waals surface area contributed by atoms with E-state index in [0.717, 1.165) is 39.4 Å². The maximum atomic E-state index is 5.26. The standard InChI is InChI=1S/C41H29N3S/c1-26-11-9-14-29(25-26)38-40-39(43-41(42-38)28-12-3-2-4-13-28)37-31(17-10-20-36(37)45-40)27-21-23-30(24-22-27)44-34-18-7-5-15-32(34)33-16-6-8-19-35(33)44/h2-10,12-26H,11H2,1H3. The summed E-state index contributed by atoms with van der Waals surface area (Å²) in [5.74, 6) is 1.25. The summed E-state index contributed by atoms with van der Waals surface area (Å²) in [6, 6.07) is 43.3. The number of hydrogen-bond acceptors (Lipinski definition) is 3. The molecule has 0 N–H and O–H groups in total. The van der Waals surface area contributed by atoms with Crippen LogP contribution in [0.5, 0.6) is 0 Å². The van der Waals surface area contributed by atoms with Gasteiger partial charge < -0.3 is 4.57 Å². The number of benzene rings is 5. The van der Waals surface area contributed by atoms with E-state index in [4.69, 9.17) is 9.97 Å². The lowest BCUT2D eigenvalue weighted by molar-refractivity contribution is 0.739. The fourth-order valence-corrected chi connectivity index (χ4v) is 8.01. The van der Waals surface area contributed by atoms with Crippen molar-refractivity contribution in [3.63, 3.8) is 0 Å². The molecule has 4 heteroatoms. The van der Waals surface area contributed by atoms with Crippen LogP contribution in [0, 0.1) is 5.92 Å². The number of hydrogen-bond donors (Lipinski definition) is 0. The van der Waals surface area contributed by atoms with Crippen molar-refractivity contribution < 1.29 is 0 Å². The van der Waals surface area contributed by atoms with Gasteiger partial charge in [0.1, 0.15) is 0 Å². The van der Waals surface area contributed by atoms with Crippen molar-refractivity contribution in [2.45, 2.75) is 13.3 Å². The molecule has 0 saturated heterocycles. The van der Waals surface area contributed by atoms with Gasteiger partial charge in [-0.2, -0.15) is 0 Å². The fourth-order valence-electron chi connectivity index (χ4n) is 6.83. The van der Waals surface area contributed by atoms with Gasteiger partial charge in [-0.05, 0) is 59.4 Å². The molecule has 214 valence electrons. The Hall–Kier alpha value is -5.32. The van der Waals surface area contributed by atoms with Crippen LogP contribution < -0.4 is 0 Å². The monoisotopic (exact) mass is 595 g/mol. The summed E-state index contributed by atoms with van der Waals surface area (Å²) >= 11 is 1.80. The van der Waals surface area contributed by atoms with Crippen molar-refractivity contribution in [2.24, 2.45) is 5.92 Å². The number of aromatic nitrogens is 3. The molecule has 1 aliphatic rings. The van der Waals surface area contributed by atoms with Gasteiger partial charge in [0.2, 0.25) is 0 Å². The first-order chi connectivity index (χ1) is 22.2. The summed E-state index contributed by atoms with van der Waals surface area (Å²) in [6.07, 6.45) is 7.92. The van der Waals surface area contributed by atoms with Crippen LogP contribution in [0.1, 0.15) is 19.0 Å². The van der Waals surface area contributed by atoms with Crippen molar-refractivity contribution in [1.82, 2.24) is 14.5 Å². The molecular formula is C41H29N3S. The van der Waals surface area contributed by atoms with Crippen LogP contribution in [-0.2, 0) is 0 Å². The number of nitrogens with zero attached hydrogens (tertiary/aromatic N) is 3. The van der Waals surface area contributed by atoms with E-state index in [2.05, 4.69) is 145 Å². The summed E-state index contributed by atoms with van der Waals surface area (Å²) in [4.78, 5) is 10.5. The summed E-state index contributed by atoms with van der Waals surface area (Å²) in [5.41, 5.74) is 10.2. The van der Waals surface area contributed by atoms with Gasteiger partial charge in [0, 0.05) is 32.1 Å². The van der Waals surface area contributed by atoms with Crippen molar-refractivity contribution in [2.75, 3.05) is 0 Å². The van der Waals surface area contributed by atoms with E-state index in [9.17, 15) is 0 Å². The molecule has 0 radical (unpaired) electrons. The normalized spacial score (nSPS) is 15.0. The second-order valence-electron chi connectivity index (χ2n) is 11.9. The molecule has 1 atom stereocenters. The number of fused-ring (bicyclic) bond motifs is 6.